The first-order valence-electron chi connectivity index (χ1n) is 9.96. The number of hydrogen-bond acceptors (Lipinski definition) is 7. The lowest BCUT2D eigenvalue weighted by Crippen LogP contribution is -2.48. The third-order valence-corrected chi connectivity index (χ3v) is 9.39. The van der Waals surface area contributed by atoms with E-state index >= 15 is 0 Å². The molecule has 12 heteroatoms. The Morgan fingerprint density at radius 1 is 1.19 bits per heavy atom. The second-order valence-corrected chi connectivity index (χ2v) is 12.0. The predicted molar refractivity (Wildman–Crippen MR) is 114 cm³/mol. The number of piperidine rings is 1. The van der Waals surface area contributed by atoms with E-state index in [0.29, 0.717) is 31.5 Å². The van der Waals surface area contributed by atoms with Gasteiger partial charge in [0.2, 0.25) is 15.9 Å². The molecule has 0 spiro atoms. The van der Waals surface area contributed by atoms with Crippen molar-refractivity contribution in [1.29, 1.82) is 0 Å². The quantitative estimate of drug-likeness (QED) is 0.673. The first-order valence-corrected chi connectivity index (χ1v) is 13.2. The molecule has 0 unspecified atom stereocenters. The normalized spacial score (nSPS) is 23.8. The van der Waals surface area contributed by atoms with Crippen LogP contribution in [0.2, 0.25) is 0 Å². The van der Waals surface area contributed by atoms with E-state index in [2.05, 4.69) is 10.1 Å². The number of carbonyl (C=O) groups is 2. The van der Waals surface area contributed by atoms with Crippen molar-refractivity contribution >= 4 is 37.5 Å². The fourth-order valence-electron chi connectivity index (χ4n) is 3.94. The molecule has 0 bridgehead atoms. The van der Waals surface area contributed by atoms with Crippen molar-refractivity contribution in [2.75, 3.05) is 44.1 Å². The maximum atomic E-state index is 13.1. The van der Waals surface area contributed by atoms with Crippen molar-refractivity contribution in [2.45, 2.75) is 30.2 Å². The fraction of sp³-hybridized carbons (Fsp3) is 0.579. The van der Waals surface area contributed by atoms with Gasteiger partial charge in [0.1, 0.15) is 0 Å². The van der Waals surface area contributed by atoms with E-state index in [-0.39, 0.29) is 34.9 Å². The van der Waals surface area contributed by atoms with Crippen LogP contribution in [0.15, 0.2) is 29.2 Å². The summed E-state index contributed by atoms with van der Waals surface area (Å²) in [6.45, 7) is 0.350. The van der Waals surface area contributed by atoms with Crippen LogP contribution in [-0.2, 0) is 29.4 Å². The highest BCUT2D eigenvalue weighted by Gasteiger charge is 2.38. The van der Waals surface area contributed by atoms with Crippen LogP contribution in [0, 0.1) is 5.92 Å². The van der Waals surface area contributed by atoms with Crippen LogP contribution in [0.5, 0.6) is 0 Å². The molecule has 2 heterocycles. The average Bonchev–Trinajstić information content (AvgIpc) is 3.12. The van der Waals surface area contributed by atoms with E-state index in [1.54, 1.807) is 7.05 Å². The zero-order chi connectivity index (χ0) is 22.8. The summed E-state index contributed by atoms with van der Waals surface area (Å²) in [7, 11) is -4.12. The molecule has 31 heavy (non-hydrogen) atoms. The number of nitrogens with one attached hydrogen (secondary N) is 1. The number of anilines is 1. The first-order chi connectivity index (χ1) is 14.5. The highest BCUT2D eigenvalue weighted by Crippen LogP contribution is 2.27. The lowest BCUT2D eigenvalue weighted by molar-refractivity contribution is -0.137. The molecule has 0 radical (unpaired) electrons. The molecular weight excluding hydrogens is 446 g/mol. The van der Waals surface area contributed by atoms with Gasteiger partial charge in [0, 0.05) is 31.9 Å². The van der Waals surface area contributed by atoms with Gasteiger partial charge in [-0.25, -0.2) is 21.6 Å². The zero-order valence-electron chi connectivity index (χ0n) is 17.5. The van der Waals surface area contributed by atoms with Crippen molar-refractivity contribution in [1.82, 2.24) is 9.21 Å². The largest absolute Gasteiger partial charge is 0.453 e. The maximum Gasteiger partial charge on any atom is 0.411 e. The summed E-state index contributed by atoms with van der Waals surface area (Å²) < 4.78 is 55.4. The van der Waals surface area contributed by atoms with Crippen molar-refractivity contribution in [3.05, 3.63) is 24.3 Å². The number of rotatable bonds is 5. The van der Waals surface area contributed by atoms with Crippen LogP contribution in [0.25, 0.3) is 0 Å². The van der Waals surface area contributed by atoms with E-state index in [9.17, 15) is 26.4 Å². The Hall–Kier alpha value is -2.18. The summed E-state index contributed by atoms with van der Waals surface area (Å²) in [6, 6.07) is 5.35. The molecule has 0 aromatic heterocycles. The van der Waals surface area contributed by atoms with Gasteiger partial charge in [-0.15, -0.1) is 0 Å². The molecule has 2 fully saturated rings. The molecule has 0 aliphatic carbocycles. The predicted octanol–water partition coefficient (Wildman–Crippen LogP) is 0.911. The highest BCUT2D eigenvalue weighted by atomic mass is 32.2. The third kappa shape index (κ3) is 5.36. The number of benzene rings is 1. The number of nitrogens with zero attached hydrogens (tertiary/aromatic N) is 2. The minimum absolute atomic E-state index is 0.0457. The summed E-state index contributed by atoms with van der Waals surface area (Å²) in [5.41, 5.74) is 0.394. The van der Waals surface area contributed by atoms with E-state index in [1.807, 2.05) is 0 Å². The number of sulfonamides is 1. The Morgan fingerprint density at radius 2 is 1.87 bits per heavy atom. The molecule has 2 saturated heterocycles. The van der Waals surface area contributed by atoms with Gasteiger partial charge in [-0.3, -0.25) is 10.1 Å². The summed E-state index contributed by atoms with van der Waals surface area (Å²) in [4.78, 5) is 25.7. The molecular formula is C19H27N3O7S2. The molecule has 2 aliphatic heterocycles. The fourth-order valence-corrected chi connectivity index (χ4v) is 7.24. The van der Waals surface area contributed by atoms with Gasteiger partial charge in [-0.05, 0) is 43.5 Å². The van der Waals surface area contributed by atoms with Gasteiger partial charge >= 0.3 is 6.09 Å². The Labute approximate surface area is 182 Å². The molecule has 1 aromatic rings. The van der Waals surface area contributed by atoms with Crippen LogP contribution in [0.1, 0.15) is 19.3 Å². The van der Waals surface area contributed by atoms with Gasteiger partial charge in [-0.1, -0.05) is 0 Å². The lowest BCUT2D eigenvalue weighted by Gasteiger charge is -2.34. The van der Waals surface area contributed by atoms with Crippen LogP contribution in [-0.4, -0.2) is 82.8 Å². The Balaban J connectivity index is 1.69. The van der Waals surface area contributed by atoms with Gasteiger partial charge in [0.05, 0.1) is 29.4 Å². The molecule has 3 rings (SSSR count). The zero-order valence-corrected chi connectivity index (χ0v) is 19.1. The molecule has 10 nitrogen and oxygen atoms in total. The highest BCUT2D eigenvalue weighted by molar-refractivity contribution is 7.91. The molecule has 0 saturated carbocycles. The third-order valence-electron chi connectivity index (χ3n) is 5.76. The summed E-state index contributed by atoms with van der Waals surface area (Å²) in [5.74, 6) is -0.714. The Bertz CT molecular complexity index is 1040. The van der Waals surface area contributed by atoms with Crippen LogP contribution >= 0.6 is 0 Å². The van der Waals surface area contributed by atoms with Crippen molar-refractivity contribution in [3.8, 4) is 0 Å². The van der Waals surface area contributed by atoms with E-state index < -0.39 is 31.9 Å². The average molecular weight is 474 g/mol. The second-order valence-electron chi connectivity index (χ2n) is 7.85. The lowest BCUT2D eigenvalue weighted by atomic mass is 9.97. The second kappa shape index (κ2) is 9.13. The standard InChI is InChI=1S/C19H27N3O7S2/c1-21(16-9-11-30(25,26)13-16)18(23)14-4-3-10-22(12-14)31(27,28)17-7-5-15(6-8-17)20-19(24)29-2/h5-8,14,16H,3-4,9-13H2,1-2H3,(H,20,24)/t14-,16-/m1/s1. The van der Waals surface area contributed by atoms with Crippen LogP contribution < -0.4 is 5.32 Å². The number of ether oxygens (including phenoxy) is 1. The van der Waals surface area contributed by atoms with E-state index in [4.69, 9.17) is 0 Å². The van der Waals surface area contributed by atoms with Crippen molar-refractivity contribution in [2.24, 2.45) is 5.92 Å². The van der Waals surface area contributed by atoms with Crippen LogP contribution in [0.3, 0.4) is 0 Å². The van der Waals surface area contributed by atoms with Gasteiger partial charge < -0.3 is 9.64 Å². The summed E-state index contributed by atoms with van der Waals surface area (Å²) in [6.07, 6.45) is 0.836. The molecule has 1 aromatic carbocycles. The van der Waals surface area contributed by atoms with Crippen molar-refractivity contribution < 1.29 is 31.2 Å². The number of carbonyl (C=O) groups excluding carboxylic acids is 2. The molecule has 1 N–H and O–H groups in total. The van der Waals surface area contributed by atoms with E-state index in [0.717, 1.165) is 0 Å². The smallest absolute Gasteiger partial charge is 0.411 e. The minimum Gasteiger partial charge on any atom is -0.453 e. The Morgan fingerprint density at radius 3 is 2.45 bits per heavy atom. The minimum atomic E-state index is -3.82. The number of sulfone groups is 1. The molecule has 2 aliphatic rings. The topological polar surface area (TPSA) is 130 Å². The summed E-state index contributed by atoms with van der Waals surface area (Å²) >= 11 is 0. The number of methoxy groups -OCH3 is 1. The monoisotopic (exact) mass is 473 g/mol. The Kier molecular flexibility index (Phi) is 6.92. The van der Waals surface area contributed by atoms with Gasteiger partial charge in [-0.2, -0.15) is 4.31 Å². The molecule has 2 atom stereocenters. The molecule has 172 valence electrons. The first kappa shape index (κ1) is 23.5. The summed E-state index contributed by atoms with van der Waals surface area (Å²) in [5, 5.41) is 2.45. The van der Waals surface area contributed by atoms with Crippen LogP contribution in [0.4, 0.5) is 10.5 Å². The number of amides is 2. The maximum absolute atomic E-state index is 13.1. The van der Waals surface area contributed by atoms with Crippen molar-refractivity contribution in [3.63, 3.8) is 0 Å². The van der Waals surface area contributed by atoms with E-state index in [1.165, 1.54) is 40.6 Å². The van der Waals surface area contributed by atoms with Gasteiger partial charge in [0.15, 0.2) is 9.84 Å². The van der Waals surface area contributed by atoms with Gasteiger partial charge in [0.25, 0.3) is 0 Å². The number of hydrogen-bond donors (Lipinski definition) is 1. The SMILES string of the molecule is COC(=O)Nc1ccc(S(=O)(=O)N2CCC[C@@H](C(=O)N(C)[C@@H]3CCS(=O)(=O)C3)C2)cc1. The molecule has 2 amide bonds.